The standard InChI is InChI=1S/C17H14Cl2N4O3/c1-17(2,3)16(25)26-13-11(8-7-22-10(19)6-9(8)18)15(24)23-14-12(13)20-4-5-21-14/h4-7H,1-3H3,(H,21,23,24). The van der Waals surface area contributed by atoms with Crippen molar-refractivity contribution in [3.63, 3.8) is 0 Å². The number of nitrogens with one attached hydrogen (secondary N) is 1. The van der Waals surface area contributed by atoms with Crippen LogP contribution in [-0.4, -0.2) is 25.9 Å². The van der Waals surface area contributed by atoms with Gasteiger partial charge in [-0.2, -0.15) is 0 Å². The van der Waals surface area contributed by atoms with Gasteiger partial charge >= 0.3 is 5.97 Å². The molecule has 0 saturated heterocycles. The summed E-state index contributed by atoms with van der Waals surface area (Å²) in [6.07, 6.45) is 4.19. The van der Waals surface area contributed by atoms with E-state index >= 15 is 0 Å². The van der Waals surface area contributed by atoms with Crippen LogP contribution in [0.25, 0.3) is 22.3 Å². The Bertz CT molecular complexity index is 1070. The van der Waals surface area contributed by atoms with E-state index in [1.165, 1.54) is 24.7 Å². The van der Waals surface area contributed by atoms with Crippen LogP contribution in [0.15, 0.2) is 29.5 Å². The van der Waals surface area contributed by atoms with Crippen molar-refractivity contribution in [3.05, 3.63) is 45.2 Å². The molecule has 7 nitrogen and oxygen atoms in total. The summed E-state index contributed by atoms with van der Waals surface area (Å²) in [5.41, 5.74) is -0.620. The maximum Gasteiger partial charge on any atom is 0.316 e. The van der Waals surface area contributed by atoms with Gasteiger partial charge in [0.1, 0.15) is 10.7 Å². The van der Waals surface area contributed by atoms with E-state index in [4.69, 9.17) is 27.9 Å². The van der Waals surface area contributed by atoms with Crippen LogP contribution in [0.1, 0.15) is 20.8 Å². The van der Waals surface area contributed by atoms with Gasteiger partial charge in [-0.05, 0) is 26.8 Å². The van der Waals surface area contributed by atoms with Gasteiger partial charge < -0.3 is 9.72 Å². The van der Waals surface area contributed by atoms with Crippen LogP contribution in [0.5, 0.6) is 5.75 Å². The van der Waals surface area contributed by atoms with Crippen molar-refractivity contribution in [1.29, 1.82) is 0 Å². The molecule has 0 fully saturated rings. The molecule has 0 bridgehead atoms. The fourth-order valence-corrected chi connectivity index (χ4v) is 2.63. The Morgan fingerprint density at radius 2 is 1.85 bits per heavy atom. The van der Waals surface area contributed by atoms with Gasteiger partial charge in [0.25, 0.3) is 5.56 Å². The van der Waals surface area contributed by atoms with Gasteiger partial charge in [-0.15, -0.1) is 0 Å². The van der Waals surface area contributed by atoms with Crippen LogP contribution in [0.2, 0.25) is 10.2 Å². The third-order valence-electron chi connectivity index (χ3n) is 3.50. The van der Waals surface area contributed by atoms with E-state index in [1.54, 1.807) is 20.8 Å². The maximum absolute atomic E-state index is 12.7. The Morgan fingerprint density at radius 3 is 2.50 bits per heavy atom. The summed E-state index contributed by atoms with van der Waals surface area (Å²) in [4.78, 5) is 40.0. The molecule has 0 aliphatic carbocycles. The number of nitrogens with zero attached hydrogens (tertiary/aromatic N) is 3. The van der Waals surface area contributed by atoms with Crippen LogP contribution in [0.3, 0.4) is 0 Å². The monoisotopic (exact) mass is 392 g/mol. The molecule has 0 saturated carbocycles. The fraction of sp³-hybridized carbons (Fsp3) is 0.235. The number of hydrogen-bond donors (Lipinski definition) is 1. The van der Waals surface area contributed by atoms with Crippen molar-refractivity contribution in [1.82, 2.24) is 19.9 Å². The summed E-state index contributed by atoms with van der Waals surface area (Å²) >= 11 is 12.1. The van der Waals surface area contributed by atoms with Crippen LogP contribution in [0, 0.1) is 5.41 Å². The fourth-order valence-electron chi connectivity index (χ4n) is 2.17. The second-order valence-electron chi connectivity index (χ2n) is 6.54. The van der Waals surface area contributed by atoms with Crippen molar-refractivity contribution in [2.45, 2.75) is 20.8 Å². The second kappa shape index (κ2) is 6.66. The number of esters is 1. The number of fused-ring (bicyclic) bond motifs is 1. The zero-order chi connectivity index (χ0) is 19.1. The highest BCUT2D eigenvalue weighted by Gasteiger charge is 2.28. The molecule has 0 aliphatic rings. The van der Waals surface area contributed by atoms with Gasteiger partial charge in [0, 0.05) is 24.2 Å². The summed E-state index contributed by atoms with van der Waals surface area (Å²) < 4.78 is 5.56. The summed E-state index contributed by atoms with van der Waals surface area (Å²) in [5.74, 6) is -0.558. The van der Waals surface area contributed by atoms with Crippen LogP contribution in [0.4, 0.5) is 0 Å². The molecule has 3 aromatic heterocycles. The molecule has 134 valence electrons. The van der Waals surface area contributed by atoms with Crippen molar-refractivity contribution in [2.24, 2.45) is 5.41 Å². The number of carbonyl (C=O) groups is 1. The Hall–Kier alpha value is -2.51. The van der Waals surface area contributed by atoms with E-state index in [0.717, 1.165) is 0 Å². The lowest BCUT2D eigenvalue weighted by Crippen LogP contribution is -2.27. The molecular weight excluding hydrogens is 379 g/mol. The number of hydrogen-bond acceptors (Lipinski definition) is 6. The van der Waals surface area contributed by atoms with E-state index in [1.807, 2.05) is 0 Å². The Labute approximate surface area is 158 Å². The van der Waals surface area contributed by atoms with Crippen molar-refractivity contribution < 1.29 is 9.53 Å². The first-order chi connectivity index (χ1) is 12.2. The summed E-state index contributed by atoms with van der Waals surface area (Å²) in [5, 5.41) is 0.357. The normalized spacial score (nSPS) is 11.6. The number of H-pyrrole nitrogens is 1. The molecule has 9 heteroatoms. The van der Waals surface area contributed by atoms with E-state index in [2.05, 4.69) is 19.9 Å². The number of aromatic amines is 1. The Kier molecular flexibility index (Phi) is 4.68. The topological polar surface area (TPSA) is 97.8 Å². The van der Waals surface area contributed by atoms with Gasteiger partial charge in [-0.1, -0.05) is 23.2 Å². The average molecular weight is 393 g/mol. The van der Waals surface area contributed by atoms with Gasteiger partial charge in [-0.3, -0.25) is 9.59 Å². The summed E-state index contributed by atoms with van der Waals surface area (Å²) in [6, 6.07) is 1.40. The summed E-state index contributed by atoms with van der Waals surface area (Å²) in [6.45, 7) is 5.10. The zero-order valence-electron chi connectivity index (χ0n) is 14.1. The predicted octanol–water partition coefficient (Wildman–Crippen LogP) is 3.64. The number of halogens is 2. The van der Waals surface area contributed by atoms with Crippen LogP contribution < -0.4 is 10.3 Å². The Morgan fingerprint density at radius 1 is 1.15 bits per heavy atom. The van der Waals surface area contributed by atoms with E-state index < -0.39 is 16.9 Å². The molecule has 0 spiro atoms. The number of carbonyl (C=O) groups excluding carboxylic acids is 1. The molecule has 0 atom stereocenters. The van der Waals surface area contributed by atoms with Crippen molar-refractivity contribution in [3.8, 4) is 16.9 Å². The molecule has 0 aromatic carbocycles. The SMILES string of the molecule is CC(C)(C)C(=O)Oc1c(-c2cnc(Cl)cc2Cl)c(=O)[nH]c2nccnc12. The molecule has 3 aromatic rings. The Balaban J connectivity index is 2.34. The lowest BCUT2D eigenvalue weighted by molar-refractivity contribution is -0.142. The van der Waals surface area contributed by atoms with E-state index in [0.29, 0.717) is 0 Å². The van der Waals surface area contributed by atoms with Crippen molar-refractivity contribution >= 4 is 40.3 Å². The van der Waals surface area contributed by atoms with E-state index in [-0.39, 0.29) is 38.2 Å². The minimum absolute atomic E-state index is 0.0252. The molecule has 3 rings (SSSR count). The first-order valence-corrected chi connectivity index (χ1v) is 8.35. The highest BCUT2D eigenvalue weighted by molar-refractivity contribution is 6.36. The third kappa shape index (κ3) is 3.40. The maximum atomic E-state index is 12.7. The number of aromatic nitrogens is 4. The summed E-state index contributed by atoms with van der Waals surface area (Å²) in [7, 11) is 0. The molecule has 1 N–H and O–H groups in total. The quantitative estimate of drug-likeness (QED) is 0.527. The molecule has 0 amide bonds. The van der Waals surface area contributed by atoms with Crippen LogP contribution >= 0.6 is 23.2 Å². The zero-order valence-corrected chi connectivity index (χ0v) is 15.6. The molecule has 0 unspecified atom stereocenters. The predicted molar refractivity (Wildman–Crippen MR) is 98.5 cm³/mol. The lowest BCUT2D eigenvalue weighted by atomic mass is 9.97. The van der Waals surface area contributed by atoms with Gasteiger partial charge in [0.05, 0.1) is 16.0 Å². The second-order valence-corrected chi connectivity index (χ2v) is 7.33. The van der Waals surface area contributed by atoms with Crippen LogP contribution in [-0.2, 0) is 4.79 Å². The molecular formula is C17H14Cl2N4O3. The van der Waals surface area contributed by atoms with E-state index in [9.17, 15) is 9.59 Å². The highest BCUT2D eigenvalue weighted by atomic mass is 35.5. The smallest absolute Gasteiger partial charge is 0.316 e. The number of pyridine rings is 2. The first-order valence-electron chi connectivity index (χ1n) is 7.59. The average Bonchev–Trinajstić information content (AvgIpc) is 2.55. The third-order valence-corrected chi connectivity index (χ3v) is 4.02. The molecule has 3 heterocycles. The highest BCUT2D eigenvalue weighted by Crippen LogP contribution is 2.36. The molecule has 26 heavy (non-hydrogen) atoms. The van der Waals surface area contributed by atoms with Gasteiger partial charge in [0.15, 0.2) is 11.4 Å². The first kappa shape index (κ1) is 18.3. The minimum atomic E-state index is -0.795. The molecule has 0 aliphatic heterocycles. The minimum Gasteiger partial charge on any atom is -0.423 e. The molecule has 0 radical (unpaired) electrons. The van der Waals surface area contributed by atoms with Gasteiger partial charge in [0.2, 0.25) is 0 Å². The number of ether oxygens (including phenoxy) is 1. The lowest BCUT2D eigenvalue weighted by Gasteiger charge is -2.18. The number of rotatable bonds is 2. The largest absolute Gasteiger partial charge is 0.423 e. The van der Waals surface area contributed by atoms with Crippen molar-refractivity contribution in [2.75, 3.05) is 0 Å². The van der Waals surface area contributed by atoms with Gasteiger partial charge in [-0.25, -0.2) is 15.0 Å².